The molecule has 2 N–H and O–H groups in total. The van der Waals surface area contributed by atoms with E-state index in [4.69, 9.17) is 4.74 Å². The minimum absolute atomic E-state index is 0.167. The normalized spacial score (nSPS) is 16.6. The third-order valence-electron chi connectivity index (χ3n) is 4.21. The summed E-state index contributed by atoms with van der Waals surface area (Å²) in [7, 11) is 0. The van der Waals surface area contributed by atoms with E-state index in [1.807, 2.05) is 31.2 Å². The SMILES string of the molecule is Cc1ccccc1CNC(=O)C(=O)Nc1cnn(C[C@@H]2CCCO2)c1. The lowest BCUT2D eigenvalue weighted by molar-refractivity contribution is -0.136. The van der Waals surface area contributed by atoms with Crippen LogP contribution in [0, 0.1) is 6.92 Å². The first-order valence-electron chi connectivity index (χ1n) is 8.39. The molecule has 2 aromatic rings. The predicted molar refractivity (Wildman–Crippen MR) is 92.9 cm³/mol. The highest BCUT2D eigenvalue weighted by Crippen LogP contribution is 2.15. The molecule has 7 nitrogen and oxygen atoms in total. The zero-order valence-electron chi connectivity index (χ0n) is 14.2. The molecule has 0 saturated carbocycles. The molecule has 0 spiro atoms. The summed E-state index contributed by atoms with van der Waals surface area (Å²) in [4.78, 5) is 23.9. The molecule has 1 aromatic carbocycles. The van der Waals surface area contributed by atoms with Gasteiger partial charge in [-0.25, -0.2) is 0 Å². The van der Waals surface area contributed by atoms with E-state index in [0.29, 0.717) is 18.8 Å². The number of rotatable bonds is 5. The molecular formula is C18H22N4O3. The van der Waals surface area contributed by atoms with Gasteiger partial charge in [0.1, 0.15) is 0 Å². The molecule has 132 valence electrons. The van der Waals surface area contributed by atoms with E-state index in [-0.39, 0.29) is 6.10 Å². The van der Waals surface area contributed by atoms with Gasteiger partial charge in [0.25, 0.3) is 0 Å². The first-order chi connectivity index (χ1) is 12.1. The van der Waals surface area contributed by atoms with Crippen molar-refractivity contribution >= 4 is 17.5 Å². The molecule has 1 fully saturated rings. The van der Waals surface area contributed by atoms with Crippen LogP contribution in [0.2, 0.25) is 0 Å². The van der Waals surface area contributed by atoms with E-state index in [1.165, 1.54) is 6.20 Å². The number of nitrogens with one attached hydrogen (secondary N) is 2. The van der Waals surface area contributed by atoms with Crippen molar-refractivity contribution < 1.29 is 14.3 Å². The Balaban J connectivity index is 1.48. The molecule has 0 unspecified atom stereocenters. The fraction of sp³-hybridized carbons (Fsp3) is 0.389. The highest BCUT2D eigenvalue weighted by molar-refractivity contribution is 6.39. The van der Waals surface area contributed by atoms with E-state index < -0.39 is 11.8 Å². The lowest BCUT2D eigenvalue weighted by atomic mass is 10.1. The number of ether oxygens (including phenoxy) is 1. The first-order valence-corrected chi connectivity index (χ1v) is 8.39. The molecular weight excluding hydrogens is 320 g/mol. The van der Waals surface area contributed by atoms with Crippen LogP contribution in [-0.4, -0.2) is 34.3 Å². The Morgan fingerprint density at radius 3 is 2.92 bits per heavy atom. The van der Waals surface area contributed by atoms with Crippen molar-refractivity contribution in [2.24, 2.45) is 0 Å². The van der Waals surface area contributed by atoms with Gasteiger partial charge in [-0.1, -0.05) is 24.3 Å². The number of hydrogen-bond acceptors (Lipinski definition) is 4. The van der Waals surface area contributed by atoms with Crippen molar-refractivity contribution in [3.05, 3.63) is 47.8 Å². The molecule has 3 rings (SSSR count). The van der Waals surface area contributed by atoms with Gasteiger partial charge in [-0.3, -0.25) is 14.3 Å². The summed E-state index contributed by atoms with van der Waals surface area (Å²) in [6, 6.07) is 7.71. The standard InChI is InChI=1S/C18H22N4O3/c1-13-5-2-3-6-14(13)9-19-17(23)18(24)21-15-10-20-22(11-15)12-16-7-4-8-25-16/h2-3,5-6,10-11,16H,4,7-9,12H2,1H3,(H,19,23)(H,21,24)/t16-/m0/s1. The van der Waals surface area contributed by atoms with Gasteiger partial charge in [-0.15, -0.1) is 0 Å². The highest BCUT2D eigenvalue weighted by atomic mass is 16.5. The maximum Gasteiger partial charge on any atom is 0.313 e. The van der Waals surface area contributed by atoms with Crippen LogP contribution in [0.15, 0.2) is 36.7 Å². The molecule has 1 aliphatic heterocycles. The summed E-state index contributed by atoms with van der Waals surface area (Å²) in [6.45, 7) is 3.72. The Morgan fingerprint density at radius 1 is 1.32 bits per heavy atom. The number of carbonyl (C=O) groups excluding carboxylic acids is 2. The third-order valence-corrected chi connectivity index (χ3v) is 4.21. The van der Waals surface area contributed by atoms with E-state index >= 15 is 0 Å². The van der Waals surface area contributed by atoms with Crippen LogP contribution in [0.4, 0.5) is 5.69 Å². The molecule has 1 aliphatic rings. The third kappa shape index (κ3) is 4.67. The fourth-order valence-corrected chi connectivity index (χ4v) is 2.78. The van der Waals surface area contributed by atoms with Crippen LogP contribution < -0.4 is 10.6 Å². The van der Waals surface area contributed by atoms with Crippen LogP contribution in [0.5, 0.6) is 0 Å². The number of hydrogen-bond donors (Lipinski definition) is 2. The molecule has 1 aromatic heterocycles. The van der Waals surface area contributed by atoms with Crippen molar-refractivity contribution in [3.63, 3.8) is 0 Å². The zero-order chi connectivity index (χ0) is 17.6. The van der Waals surface area contributed by atoms with Gasteiger partial charge in [0.05, 0.1) is 24.5 Å². The van der Waals surface area contributed by atoms with E-state index in [9.17, 15) is 9.59 Å². The van der Waals surface area contributed by atoms with Gasteiger partial charge in [-0.05, 0) is 30.9 Å². The van der Waals surface area contributed by atoms with Crippen LogP contribution in [0.3, 0.4) is 0 Å². The molecule has 1 atom stereocenters. The zero-order valence-corrected chi connectivity index (χ0v) is 14.2. The number of amides is 2. The van der Waals surface area contributed by atoms with Crippen LogP contribution in [-0.2, 0) is 27.4 Å². The summed E-state index contributed by atoms with van der Waals surface area (Å²) in [5.74, 6) is -1.37. The number of aryl methyl sites for hydroxylation is 1. The second-order valence-corrected chi connectivity index (χ2v) is 6.15. The first kappa shape index (κ1) is 17.2. The molecule has 7 heteroatoms. The number of nitrogens with zero attached hydrogens (tertiary/aromatic N) is 2. The Morgan fingerprint density at radius 2 is 2.16 bits per heavy atom. The van der Waals surface area contributed by atoms with Crippen LogP contribution in [0.25, 0.3) is 0 Å². The number of carbonyl (C=O) groups is 2. The van der Waals surface area contributed by atoms with Crippen molar-refractivity contribution in [2.75, 3.05) is 11.9 Å². The van der Waals surface area contributed by atoms with Crippen molar-refractivity contribution in [3.8, 4) is 0 Å². The summed E-state index contributed by atoms with van der Waals surface area (Å²) in [5, 5.41) is 9.38. The van der Waals surface area contributed by atoms with Crippen molar-refractivity contribution in [2.45, 2.75) is 39.0 Å². The van der Waals surface area contributed by atoms with Gasteiger partial charge in [0.2, 0.25) is 0 Å². The largest absolute Gasteiger partial charge is 0.376 e. The van der Waals surface area contributed by atoms with Gasteiger partial charge in [0, 0.05) is 19.3 Å². The summed E-state index contributed by atoms with van der Waals surface area (Å²) < 4.78 is 7.28. The van der Waals surface area contributed by atoms with E-state index in [1.54, 1.807) is 10.9 Å². The Hall–Kier alpha value is -2.67. The van der Waals surface area contributed by atoms with Gasteiger partial charge in [0.15, 0.2) is 0 Å². The number of benzene rings is 1. The fourth-order valence-electron chi connectivity index (χ4n) is 2.78. The Kier molecular flexibility index (Phi) is 5.45. The lowest BCUT2D eigenvalue weighted by Gasteiger charge is -2.08. The molecule has 1 saturated heterocycles. The topological polar surface area (TPSA) is 85.3 Å². The van der Waals surface area contributed by atoms with Crippen molar-refractivity contribution in [1.82, 2.24) is 15.1 Å². The van der Waals surface area contributed by atoms with Crippen LogP contribution >= 0.6 is 0 Å². The monoisotopic (exact) mass is 342 g/mol. The summed E-state index contributed by atoms with van der Waals surface area (Å²) in [6.07, 6.45) is 5.48. The Bertz CT molecular complexity index is 750. The van der Waals surface area contributed by atoms with Gasteiger partial charge < -0.3 is 15.4 Å². The minimum Gasteiger partial charge on any atom is -0.376 e. The highest BCUT2D eigenvalue weighted by Gasteiger charge is 2.18. The van der Waals surface area contributed by atoms with Gasteiger partial charge in [-0.2, -0.15) is 5.10 Å². The molecule has 2 heterocycles. The molecule has 25 heavy (non-hydrogen) atoms. The summed E-state index contributed by atoms with van der Waals surface area (Å²) in [5.41, 5.74) is 2.54. The number of aromatic nitrogens is 2. The summed E-state index contributed by atoms with van der Waals surface area (Å²) >= 11 is 0. The van der Waals surface area contributed by atoms with Crippen LogP contribution in [0.1, 0.15) is 24.0 Å². The average Bonchev–Trinajstić information content (AvgIpc) is 3.26. The molecule has 0 radical (unpaired) electrons. The predicted octanol–water partition coefficient (Wildman–Crippen LogP) is 1.63. The molecule has 2 amide bonds. The second kappa shape index (κ2) is 7.94. The Labute approximate surface area is 146 Å². The van der Waals surface area contributed by atoms with E-state index in [0.717, 1.165) is 30.6 Å². The quantitative estimate of drug-likeness (QED) is 0.809. The average molecular weight is 342 g/mol. The maximum atomic E-state index is 12.0. The lowest BCUT2D eigenvalue weighted by Crippen LogP contribution is -2.35. The van der Waals surface area contributed by atoms with E-state index in [2.05, 4.69) is 15.7 Å². The second-order valence-electron chi connectivity index (χ2n) is 6.15. The van der Waals surface area contributed by atoms with Crippen molar-refractivity contribution in [1.29, 1.82) is 0 Å². The van der Waals surface area contributed by atoms with Gasteiger partial charge >= 0.3 is 11.8 Å². The molecule has 0 aliphatic carbocycles. The maximum absolute atomic E-state index is 12.0. The smallest absolute Gasteiger partial charge is 0.313 e. The number of anilines is 1. The molecule has 0 bridgehead atoms. The minimum atomic E-state index is -0.703.